The van der Waals surface area contributed by atoms with Gasteiger partial charge in [-0.3, -0.25) is 0 Å². The second-order valence-electron chi connectivity index (χ2n) is 4.80. The zero-order chi connectivity index (χ0) is 16.4. The van der Waals surface area contributed by atoms with Gasteiger partial charge in [-0.1, -0.05) is 48.5 Å². The van der Waals surface area contributed by atoms with Gasteiger partial charge in [0, 0.05) is 19.8 Å². The van der Waals surface area contributed by atoms with E-state index in [-0.39, 0.29) is 6.61 Å². The van der Waals surface area contributed by atoms with E-state index in [0.29, 0.717) is 5.56 Å². The van der Waals surface area contributed by atoms with E-state index in [1.165, 1.54) is 5.69 Å². The van der Waals surface area contributed by atoms with Crippen molar-refractivity contribution in [2.45, 2.75) is 13.0 Å². The van der Waals surface area contributed by atoms with E-state index in [4.69, 9.17) is 0 Å². The van der Waals surface area contributed by atoms with Crippen molar-refractivity contribution in [3.05, 3.63) is 66.2 Å². The summed E-state index contributed by atoms with van der Waals surface area (Å²) in [6, 6.07) is 19.0. The highest BCUT2D eigenvalue weighted by Crippen LogP contribution is 2.13. The number of aliphatic hydroxyl groups excluding tert-OH is 1. The van der Waals surface area contributed by atoms with Crippen LogP contribution in [0.15, 0.2) is 60.7 Å². The molecular weight excluding hydrogens is 278 g/mol. The summed E-state index contributed by atoms with van der Waals surface area (Å²) in [5.74, 6) is -0.603. The lowest BCUT2D eigenvalue weighted by Gasteiger charge is -2.10. The number of para-hydroxylation sites is 1. The number of rotatable bonds is 4. The zero-order valence-corrected chi connectivity index (χ0v) is 13.3. The van der Waals surface area contributed by atoms with E-state index in [1.54, 1.807) is 31.2 Å². The molecule has 0 fully saturated rings. The van der Waals surface area contributed by atoms with Crippen LogP contribution in [0.25, 0.3) is 0 Å². The fourth-order valence-electron chi connectivity index (χ4n) is 1.72. The fraction of sp³-hybridized carbons (Fsp3) is 0.278. The minimum Gasteiger partial charge on any atom is -0.464 e. The largest absolute Gasteiger partial charge is 0.464 e. The highest BCUT2D eigenvalue weighted by molar-refractivity contribution is 5.76. The number of esters is 1. The number of benzene rings is 2. The van der Waals surface area contributed by atoms with Gasteiger partial charge in [0.25, 0.3) is 0 Å². The fourth-order valence-corrected chi connectivity index (χ4v) is 1.72. The number of ether oxygens (including phenoxy) is 1. The summed E-state index contributed by atoms with van der Waals surface area (Å²) >= 11 is 0. The van der Waals surface area contributed by atoms with Crippen LogP contribution in [0.1, 0.15) is 18.6 Å². The molecule has 4 nitrogen and oxygen atoms in total. The quantitative estimate of drug-likeness (QED) is 0.882. The number of nitrogens with zero attached hydrogens (tertiary/aromatic N) is 1. The van der Waals surface area contributed by atoms with Gasteiger partial charge < -0.3 is 14.7 Å². The lowest BCUT2D eigenvalue weighted by Crippen LogP contribution is -2.15. The van der Waals surface area contributed by atoms with Gasteiger partial charge in [0.2, 0.25) is 0 Å². The van der Waals surface area contributed by atoms with Crippen molar-refractivity contribution in [3.8, 4) is 0 Å². The van der Waals surface area contributed by atoms with Crippen LogP contribution in [0.5, 0.6) is 0 Å². The Bertz CT molecular complexity index is 541. The van der Waals surface area contributed by atoms with Gasteiger partial charge in [-0.15, -0.1) is 0 Å². The highest BCUT2D eigenvalue weighted by Gasteiger charge is 2.17. The molecule has 0 heterocycles. The lowest BCUT2D eigenvalue weighted by atomic mass is 10.1. The molecule has 0 aliphatic heterocycles. The molecule has 1 unspecified atom stereocenters. The van der Waals surface area contributed by atoms with Gasteiger partial charge in [-0.05, 0) is 24.6 Å². The first-order valence-corrected chi connectivity index (χ1v) is 7.18. The maximum Gasteiger partial charge on any atom is 0.339 e. The Balaban J connectivity index is 0.000000235. The summed E-state index contributed by atoms with van der Waals surface area (Å²) in [6.45, 7) is 1.98. The molecule has 22 heavy (non-hydrogen) atoms. The minimum absolute atomic E-state index is 0.280. The SMILES string of the molecule is CCOC(=O)C(O)c1ccccc1.CN(C)c1ccccc1. The minimum atomic E-state index is -1.17. The van der Waals surface area contributed by atoms with E-state index in [1.807, 2.05) is 38.4 Å². The monoisotopic (exact) mass is 301 g/mol. The standard InChI is InChI=1S/C10H12O3.C8H11N/c1-2-13-10(12)9(11)8-6-4-3-5-7-8;1-9(2)8-6-4-3-5-7-8/h3-7,9,11H,2H2,1H3;3-7H,1-2H3. The predicted molar refractivity (Wildman–Crippen MR) is 88.8 cm³/mol. The Kier molecular flexibility index (Phi) is 7.72. The first-order chi connectivity index (χ1) is 10.6. The van der Waals surface area contributed by atoms with Crippen LogP contribution in [0.2, 0.25) is 0 Å². The summed E-state index contributed by atoms with van der Waals surface area (Å²) in [6.07, 6.45) is -1.17. The van der Waals surface area contributed by atoms with Crippen LogP contribution >= 0.6 is 0 Å². The average molecular weight is 301 g/mol. The molecule has 0 bridgehead atoms. The molecule has 0 spiro atoms. The molecular formula is C18H23NO3. The van der Waals surface area contributed by atoms with E-state index in [0.717, 1.165) is 0 Å². The zero-order valence-electron chi connectivity index (χ0n) is 13.3. The molecule has 1 N–H and O–H groups in total. The van der Waals surface area contributed by atoms with Crippen LogP contribution in [0, 0.1) is 0 Å². The third-order valence-corrected chi connectivity index (χ3v) is 2.90. The van der Waals surface area contributed by atoms with Gasteiger partial charge in [0.05, 0.1) is 6.61 Å². The first-order valence-electron chi connectivity index (χ1n) is 7.18. The Morgan fingerprint density at radius 3 is 1.95 bits per heavy atom. The molecule has 2 aromatic carbocycles. The molecule has 0 amide bonds. The summed E-state index contributed by atoms with van der Waals surface area (Å²) in [7, 11) is 4.07. The molecule has 118 valence electrons. The van der Waals surface area contributed by atoms with Crippen molar-refractivity contribution in [2.24, 2.45) is 0 Å². The van der Waals surface area contributed by atoms with Crippen molar-refractivity contribution in [3.63, 3.8) is 0 Å². The highest BCUT2D eigenvalue weighted by atomic mass is 16.5. The topological polar surface area (TPSA) is 49.8 Å². The molecule has 0 aliphatic rings. The second-order valence-corrected chi connectivity index (χ2v) is 4.80. The van der Waals surface area contributed by atoms with E-state index < -0.39 is 12.1 Å². The van der Waals surface area contributed by atoms with Gasteiger partial charge in [0.15, 0.2) is 6.10 Å². The third kappa shape index (κ3) is 5.97. The second kappa shape index (κ2) is 9.58. The Hall–Kier alpha value is -2.33. The van der Waals surface area contributed by atoms with Crippen molar-refractivity contribution in [2.75, 3.05) is 25.6 Å². The van der Waals surface area contributed by atoms with E-state index >= 15 is 0 Å². The molecule has 0 radical (unpaired) electrons. The number of carbonyl (C=O) groups excluding carboxylic acids is 1. The number of carbonyl (C=O) groups is 1. The maximum absolute atomic E-state index is 11.1. The van der Waals surface area contributed by atoms with Gasteiger partial charge in [-0.25, -0.2) is 4.79 Å². The molecule has 2 aromatic rings. The number of anilines is 1. The lowest BCUT2D eigenvalue weighted by molar-refractivity contribution is -0.153. The molecule has 2 rings (SSSR count). The number of aliphatic hydroxyl groups is 1. The Labute approximate surface area is 132 Å². The van der Waals surface area contributed by atoms with Crippen molar-refractivity contribution >= 4 is 11.7 Å². The molecule has 0 aromatic heterocycles. The van der Waals surface area contributed by atoms with Gasteiger partial charge in [0.1, 0.15) is 0 Å². The van der Waals surface area contributed by atoms with Crippen molar-refractivity contribution in [1.82, 2.24) is 0 Å². The van der Waals surface area contributed by atoms with Gasteiger partial charge in [-0.2, -0.15) is 0 Å². The normalized spacial score (nSPS) is 10.9. The Morgan fingerprint density at radius 2 is 1.55 bits per heavy atom. The van der Waals surface area contributed by atoms with Crippen LogP contribution in [0.3, 0.4) is 0 Å². The molecule has 4 heteroatoms. The average Bonchev–Trinajstić information content (AvgIpc) is 2.56. The first kappa shape index (κ1) is 17.7. The Morgan fingerprint density at radius 1 is 1.05 bits per heavy atom. The summed E-state index contributed by atoms with van der Waals surface area (Å²) in [5.41, 5.74) is 1.80. The van der Waals surface area contributed by atoms with E-state index in [2.05, 4.69) is 21.8 Å². The van der Waals surface area contributed by atoms with Crippen LogP contribution in [0.4, 0.5) is 5.69 Å². The third-order valence-electron chi connectivity index (χ3n) is 2.90. The smallest absolute Gasteiger partial charge is 0.339 e. The maximum atomic E-state index is 11.1. The van der Waals surface area contributed by atoms with Crippen molar-refractivity contribution < 1.29 is 14.6 Å². The number of hydrogen-bond donors (Lipinski definition) is 1. The molecule has 1 atom stereocenters. The molecule has 0 saturated carbocycles. The number of hydrogen-bond acceptors (Lipinski definition) is 4. The summed E-state index contributed by atoms with van der Waals surface area (Å²) < 4.78 is 4.67. The van der Waals surface area contributed by atoms with Crippen LogP contribution < -0.4 is 4.90 Å². The van der Waals surface area contributed by atoms with Crippen LogP contribution in [-0.2, 0) is 9.53 Å². The van der Waals surface area contributed by atoms with Crippen LogP contribution in [-0.4, -0.2) is 31.8 Å². The van der Waals surface area contributed by atoms with Crippen molar-refractivity contribution in [1.29, 1.82) is 0 Å². The molecule has 0 saturated heterocycles. The van der Waals surface area contributed by atoms with E-state index in [9.17, 15) is 9.90 Å². The summed E-state index contributed by atoms with van der Waals surface area (Å²) in [4.78, 5) is 13.2. The summed E-state index contributed by atoms with van der Waals surface area (Å²) in [5, 5.41) is 9.45. The predicted octanol–water partition coefficient (Wildman–Crippen LogP) is 3.04. The molecule has 0 aliphatic carbocycles. The van der Waals surface area contributed by atoms with Gasteiger partial charge >= 0.3 is 5.97 Å².